The van der Waals surface area contributed by atoms with Crippen LogP contribution in [0.1, 0.15) is 46.8 Å². The molecule has 1 N–H and O–H groups in total. The lowest BCUT2D eigenvalue weighted by Crippen LogP contribution is -2.59. The lowest BCUT2D eigenvalue weighted by atomic mass is 9.67. The minimum Gasteiger partial charge on any atom is -0.346 e. The minimum atomic E-state index is 0.112. The second kappa shape index (κ2) is 9.04. The minimum absolute atomic E-state index is 0.112. The van der Waals surface area contributed by atoms with Gasteiger partial charge in [0.05, 0.1) is 0 Å². The van der Waals surface area contributed by atoms with Crippen molar-refractivity contribution < 1.29 is 4.79 Å². The van der Waals surface area contributed by atoms with Crippen molar-refractivity contribution in [2.75, 3.05) is 40.8 Å². The molecule has 1 fully saturated rings. The van der Waals surface area contributed by atoms with Gasteiger partial charge in [0.1, 0.15) is 5.65 Å². The van der Waals surface area contributed by atoms with E-state index in [1.807, 2.05) is 29.4 Å². The van der Waals surface area contributed by atoms with Crippen molar-refractivity contribution in [3.63, 3.8) is 0 Å². The maximum atomic E-state index is 12.9. The lowest BCUT2D eigenvalue weighted by Gasteiger charge is -2.45. The predicted molar refractivity (Wildman–Crippen MR) is 157 cm³/mol. The van der Waals surface area contributed by atoms with E-state index >= 15 is 0 Å². The third kappa shape index (κ3) is 4.09. The number of likely N-dealkylation sites (N-methyl/N-ethyl adjacent to an activating group) is 2. The van der Waals surface area contributed by atoms with Crippen LogP contribution >= 0.6 is 0 Å². The molecule has 0 bridgehead atoms. The Hall–Kier alpha value is -3.48. The molecule has 4 heterocycles. The van der Waals surface area contributed by atoms with Gasteiger partial charge >= 0.3 is 0 Å². The SMILES string of the molecule is CN1Cc2cc(-c3cnc4[nH]cc(-c5ccc(C(=O)N6CC(N(C)C)C6)cc5)c4c3)cc3c2C(C)(CCC3)C1. The molecule has 1 aliphatic carbocycles. The summed E-state index contributed by atoms with van der Waals surface area (Å²) in [5.74, 6) is 0.112. The van der Waals surface area contributed by atoms with Crippen molar-refractivity contribution in [1.82, 2.24) is 24.7 Å². The zero-order valence-electron chi connectivity index (χ0n) is 23.4. The number of aromatic nitrogens is 2. The first-order chi connectivity index (χ1) is 18.8. The van der Waals surface area contributed by atoms with Gasteiger partial charge in [0.15, 0.2) is 0 Å². The van der Waals surface area contributed by atoms with Crippen LogP contribution in [-0.2, 0) is 18.4 Å². The summed E-state index contributed by atoms with van der Waals surface area (Å²) in [6.45, 7) is 6.20. The van der Waals surface area contributed by atoms with Crippen LogP contribution < -0.4 is 0 Å². The standard InChI is InChI=1S/C33H37N5O/c1-33-11-5-6-23-12-24(13-26(30(23)33)17-37(4)20-33)25-14-28-29(16-35-31(28)34-15-25)21-7-9-22(10-8-21)32(39)38-18-27(19-38)36(2)3/h7-10,12-16,27H,5-6,11,17-20H2,1-4H3,(H,34,35). The van der Waals surface area contributed by atoms with Crippen molar-refractivity contribution in [2.24, 2.45) is 0 Å². The number of hydrogen-bond donors (Lipinski definition) is 1. The normalized spacial score (nSPS) is 21.3. The van der Waals surface area contributed by atoms with Gasteiger partial charge in [-0.15, -0.1) is 0 Å². The molecule has 0 radical (unpaired) electrons. The van der Waals surface area contributed by atoms with E-state index in [-0.39, 0.29) is 11.3 Å². The van der Waals surface area contributed by atoms with Crippen LogP contribution in [0.25, 0.3) is 33.3 Å². The molecule has 7 rings (SSSR count). The molecule has 2 aliphatic heterocycles. The van der Waals surface area contributed by atoms with Crippen molar-refractivity contribution in [1.29, 1.82) is 0 Å². The molecule has 1 amide bonds. The molecule has 1 saturated heterocycles. The number of likely N-dealkylation sites (tertiary alicyclic amines) is 1. The molecule has 1 atom stereocenters. The Labute approximate surface area is 230 Å². The summed E-state index contributed by atoms with van der Waals surface area (Å²) in [6.07, 6.45) is 7.73. The molecule has 1 unspecified atom stereocenters. The van der Waals surface area contributed by atoms with Gasteiger partial charge in [-0.2, -0.15) is 0 Å². The molecule has 200 valence electrons. The number of benzene rings is 2. The smallest absolute Gasteiger partial charge is 0.253 e. The number of aryl methyl sites for hydroxylation is 1. The van der Waals surface area contributed by atoms with Gasteiger partial charge in [0.2, 0.25) is 0 Å². The van der Waals surface area contributed by atoms with Crippen LogP contribution in [0.2, 0.25) is 0 Å². The zero-order chi connectivity index (χ0) is 26.9. The second-order valence-electron chi connectivity index (χ2n) is 12.5. The van der Waals surface area contributed by atoms with Gasteiger partial charge in [-0.3, -0.25) is 4.79 Å². The fourth-order valence-corrected chi connectivity index (χ4v) is 7.25. The Kier molecular flexibility index (Phi) is 5.69. The molecular formula is C33H37N5O. The van der Waals surface area contributed by atoms with Crippen LogP contribution in [0.4, 0.5) is 0 Å². The van der Waals surface area contributed by atoms with Crippen LogP contribution in [0.5, 0.6) is 0 Å². The number of H-pyrrole nitrogens is 1. The maximum Gasteiger partial charge on any atom is 0.253 e. The highest BCUT2D eigenvalue weighted by Gasteiger charge is 2.38. The lowest BCUT2D eigenvalue weighted by molar-refractivity contribution is 0.0399. The Morgan fingerprint density at radius 3 is 2.59 bits per heavy atom. The molecule has 2 aromatic carbocycles. The molecule has 6 heteroatoms. The average Bonchev–Trinajstić information content (AvgIpc) is 3.30. The van der Waals surface area contributed by atoms with Crippen molar-refractivity contribution >= 4 is 16.9 Å². The summed E-state index contributed by atoms with van der Waals surface area (Å²) < 4.78 is 0. The average molecular weight is 520 g/mol. The van der Waals surface area contributed by atoms with E-state index in [0.29, 0.717) is 6.04 Å². The molecule has 0 spiro atoms. The highest BCUT2D eigenvalue weighted by molar-refractivity contribution is 5.98. The van der Waals surface area contributed by atoms with Crippen molar-refractivity contribution in [3.05, 3.63) is 77.1 Å². The molecule has 0 saturated carbocycles. The molecule has 6 nitrogen and oxygen atoms in total. The van der Waals surface area contributed by atoms with Crippen molar-refractivity contribution in [2.45, 2.75) is 44.2 Å². The van der Waals surface area contributed by atoms with E-state index in [1.54, 1.807) is 5.56 Å². The summed E-state index contributed by atoms with van der Waals surface area (Å²) in [6, 6.07) is 15.6. The number of nitrogens with one attached hydrogen (secondary N) is 1. The van der Waals surface area contributed by atoms with Gasteiger partial charge in [0, 0.05) is 72.1 Å². The Morgan fingerprint density at radius 2 is 1.82 bits per heavy atom. The predicted octanol–water partition coefficient (Wildman–Crippen LogP) is 5.32. The maximum absolute atomic E-state index is 12.9. The van der Waals surface area contributed by atoms with E-state index in [2.05, 4.69) is 73.2 Å². The second-order valence-corrected chi connectivity index (χ2v) is 12.5. The van der Waals surface area contributed by atoms with Crippen LogP contribution in [-0.4, -0.2) is 77.4 Å². The summed E-state index contributed by atoms with van der Waals surface area (Å²) in [7, 11) is 6.38. The summed E-state index contributed by atoms with van der Waals surface area (Å²) in [5, 5.41) is 1.11. The molecule has 4 aromatic rings. The topological polar surface area (TPSA) is 55.5 Å². The van der Waals surface area contributed by atoms with Crippen LogP contribution in [0.3, 0.4) is 0 Å². The third-order valence-electron chi connectivity index (χ3n) is 9.33. The number of carbonyl (C=O) groups is 1. The fraction of sp³-hybridized carbons (Fsp3) is 0.394. The summed E-state index contributed by atoms with van der Waals surface area (Å²) in [5.41, 5.74) is 11.1. The Morgan fingerprint density at radius 1 is 1.05 bits per heavy atom. The quantitative estimate of drug-likeness (QED) is 0.396. The number of amides is 1. The molecule has 2 aromatic heterocycles. The number of rotatable bonds is 4. The Balaban J connectivity index is 1.20. The number of hydrogen-bond acceptors (Lipinski definition) is 4. The number of pyridine rings is 1. The van der Waals surface area contributed by atoms with Gasteiger partial charge in [0.25, 0.3) is 5.91 Å². The van der Waals surface area contributed by atoms with Crippen LogP contribution in [0.15, 0.2) is 54.9 Å². The van der Waals surface area contributed by atoms with E-state index in [0.717, 1.165) is 59.5 Å². The monoisotopic (exact) mass is 519 g/mol. The fourth-order valence-electron chi connectivity index (χ4n) is 7.25. The van der Waals surface area contributed by atoms with Gasteiger partial charge in [-0.05, 0) is 92.5 Å². The van der Waals surface area contributed by atoms with Gasteiger partial charge < -0.3 is 19.7 Å². The van der Waals surface area contributed by atoms with Gasteiger partial charge in [-0.25, -0.2) is 4.98 Å². The highest BCUT2D eigenvalue weighted by atomic mass is 16.2. The van der Waals surface area contributed by atoms with Gasteiger partial charge in [-0.1, -0.05) is 25.1 Å². The van der Waals surface area contributed by atoms with Crippen molar-refractivity contribution in [3.8, 4) is 22.3 Å². The zero-order valence-corrected chi connectivity index (χ0v) is 23.4. The van der Waals surface area contributed by atoms with E-state index in [4.69, 9.17) is 4.98 Å². The number of carbonyl (C=O) groups excluding carboxylic acids is 1. The third-order valence-corrected chi connectivity index (χ3v) is 9.33. The highest BCUT2D eigenvalue weighted by Crippen LogP contribution is 2.45. The Bertz CT molecular complexity index is 1580. The van der Waals surface area contributed by atoms with E-state index < -0.39 is 0 Å². The van der Waals surface area contributed by atoms with E-state index in [9.17, 15) is 4.79 Å². The number of fused-ring (bicyclic) bond motifs is 1. The van der Waals surface area contributed by atoms with Crippen LogP contribution in [0, 0.1) is 0 Å². The first-order valence-corrected chi connectivity index (χ1v) is 14.2. The largest absolute Gasteiger partial charge is 0.346 e. The number of aromatic amines is 1. The first-order valence-electron chi connectivity index (χ1n) is 14.2. The van der Waals surface area contributed by atoms with E-state index in [1.165, 1.54) is 36.0 Å². The number of nitrogens with zero attached hydrogens (tertiary/aromatic N) is 4. The summed E-state index contributed by atoms with van der Waals surface area (Å²) in [4.78, 5) is 27.7. The summed E-state index contributed by atoms with van der Waals surface area (Å²) >= 11 is 0. The molecular weight excluding hydrogens is 482 g/mol. The molecule has 3 aliphatic rings. The first kappa shape index (κ1) is 24.6. The molecule has 39 heavy (non-hydrogen) atoms.